The van der Waals surface area contributed by atoms with E-state index in [1.807, 2.05) is 18.2 Å². The van der Waals surface area contributed by atoms with Crippen molar-refractivity contribution in [2.75, 3.05) is 0 Å². The highest BCUT2D eigenvalue weighted by Crippen LogP contribution is 2.34. The summed E-state index contributed by atoms with van der Waals surface area (Å²) in [6, 6.07) is 11.6. The Kier molecular flexibility index (Phi) is 3.54. The summed E-state index contributed by atoms with van der Waals surface area (Å²) in [5, 5.41) is 9.59. The lowest BCUT2D eigenvalue weighted by molar-refractivity contribution is 0.464. The smallest absolute Gasteiger partial charge is 0.290 e. The van der Waals surface area contributed by atoms with Crippen molar-refractivity contribution in [2.45, 2.75) is 17.1 Å². The zero-order chi connectivity index (χ0) is 12.3. The molecule has 0 aliphatic carbocycles. The lowest BCUT2D eigenvalue weighted by atomic mass is 10.2. The van der Waals surface area contributed by atoms with Crippen LogP contribution < -0.4 is 5.56 Å². The molecule has 0 saturated heterocycles. The van der Waals surface area contributed by atoms with E-state index < -0.39 is 5.56 Å². The van der Waals surface area contributed by atoms with Crippen molar-refractivity contribution in [2.24, 2.45) is 0 Å². The first-order valence-electron chi connectivity index (χ1n) is 5.30. The van der Waals surface area contributed by atoms with Crippen LogP contribution in [0.25, 0.3) is 0 Å². The number of thioether (sulfide) groups is 1. The van der Waals surface area contributed by atoms with Gasteiger partial charge in [0.2, 0.25) is 0 Å². The fourth-order valence-corrected chi connectivity index (χ4v) is 2.52. The number of benzene rings is 1. The van der Waals surface area contributed by atoms with Crippen LogP contribution in [0.1, 0.15) is 17.7 Å². The molecule has 1 unspecified atom stereocenters. The second-order valence-corrected chi connectivity index (χ2v) is 5.13. The Labute approximate surface area is 104 Å². The molecule has 1 atom stereocenters. The van der Waals surface area contributed by atoms with Gasteiger partial charge in [0.25, 0.3) is 5.56 Å². The van der Waals surface area contributed by atoms with E-state index in [0.717, 1.165) is 4.90 Å². The van der Waals surface area contributed by atoms with Crippen LogP contribution in [0.4, 0.5) is 0 Å². The van der Waals surface area contributed by atoms with Crippen LogP contribution in [0.3, 0.4) is 0 Å². The van der Waals surface area contributed by atoms with Crippen molar-refractivity contribution >= 4 is 11.8 Å². The molecule has 0 aliphatic rings. The van der Waals surface area contributed by atoms with Crippen molar-refractivity contribution in [3.05, 3.63) is 58.5 Å². The maximum absolute atomic E-state index is 11.0. The van der Waals surface area contributed by atoms with Gasteiger partial charge in [0.15, 0.2) is 5.75 Å². The van der Waals surface area contributed by atoms with E-state index in [1.54, 1.807) is 18.0 Å². The van der Waals surface area contributed by atoms with E-state index in [4.69, 9.17) is 0 Å². The minimum absolute atomic E-state index is 0.240. The number of nitrogens with one attached hydrogen (secondary N) is 1. The fraction of sp³-hybridized carbons (Fsp3) is 0.154. The molecule has 0 aliphatic heterocycles. The number of aromatic hydroxyl groups is 1. The van der Waals surface area contributed by atoms with Crippen LogP contribution in [0.2, 0.25) is 0 Å². The summed E-state index contributed by atoms with van der Waals surface area (Å²) >= 11 is 1.59. The van der Waals surface area contributed by atoms with Gasteiger partial charge < -0.3 is 10.1 Å². The second-order valence-electron chi connectivity index (χ2n) is 3.72. The van der Waals surface area contributed by atoms with Crippen LogP contribution in [0, 0.1) is 0 Å². The first-order chi connectivity index (χ1) is 8.16. The lowest BCUT2D eigenvalue weighted by Crippen LogP contribution is -2.03. The minimum atomic E-state index is -0.457. The molecule has 0 saturated carbocycles. The molecule has 2 rings (SSSR count). The summed E-state index contributed by atoms with van der Waals surface area (Å²) in [5.74, 6) is -0.240. The van der Waals surface area contributed by atoms with Crippen molar-refractivity contribution in [1.29, 1.82) is 0 Å². The lowest BCUT2D eigenvalue weighted by Gasteiger charge is -2.11. The molecule has 2 aromatic rings. The maximum atomic E-state index is 11.0. The average Bonchev–Trinajstić information content (AvgIpc) is 2.35. The van der Waals surface area contributed by atoms with E-state index in [-0.39, 0.29) is 11.0 Å². The van der Waals surface area contributed by atoms with Crippen LogP contribution >= 0.6 is 11.8 Å². The van der Waals surface area contributed by atoms with Gasteiger partial charge in [0.05, 0.1) is 0 Å². The first kappa shape index (κ1) is 11.8. The standard InChI is InChI=1S/C13H13NO2S/c1-9(10-5-3-2-4-6-10)17-11-7-12(15)13(16)14-8-11/h2-9,15H,1H3,(H,14,16). The SMILES string of the molecule is CC(Sc1c[nH]c(=O)c(O)c1)c1ccccc1. The summed E-state index contributed by atoms with van der Waals surface area (Å²) < 4.78 is 0. The molecule has 0 bridgehead atoms. The maximum Gasteiger partial charge on any atom is 0.290 e. The normalized spacial score (nSPS) is 12.3. The van der Waals surface area contributed by atoms with Gasteiger partial charge in [-0.25, -0.2) is 0 Å². The number of aromatic nitrogens is 1. The van der Waals surface area contributed by atoms with E-state index in [0.29, 0.717) is 0 Å². The number of rotatable bonds is 3. The highest BCUT2D eigenvalue weighted by atomic mass is 32.2. The molecule has 0 fully saturated rings. The van der Waals surface area contributed by atoms with Gasteiger partial charge in [-0.1, -0.05) is 30.3 Å². The van der Waals surface area contributed by atoms with Crippen molar-refractivity contribution < 1.29 is 5.11 Å². The molecule has 1 heterocycles. The molecule has 2 N–H and O–H groups in total. The molecule has 17 heavy (non-hydrogen) atoms. The third-order valence-corrected chi connectivity index (χ3v) is 3.57. The molecule has 4 heteroatoms. The van der Waals surface area contributed by atoms with E-state index in [9.17, 15) is 9.90 Å². The molecule has 3 nitrogen and oxygen atoms in total. The van der Waals surface area contributed by atoms with Crippen molar-refractivity contribution in [3.8, 4) is 5.75 Å². The summed E-state index contributed by atoms with van der Waals surface area (Å²) in [6.07, 6.45) is 1.62. The van der Waals surface area contributed by atoms with Gasteiger partial charge in [-0.2, -0.15) is 0 Å². The molecule has 1 aromatic carbocycles. The Bertz CT molecular complexity index is 551. The Morgan fingerprint density at radius 3 is 2.65 bits per heavy atom. The molecule has 0 amide bonds. The van der Waals surface area contributed by atoms with Crippen LogP contribution in [0.5, 0.6) is 5.75 Å². The number of hydrogen-bond donors (Lipinski definition) is 2. The molecule has 88 valence electrons. The van der Waals surface area contributed by atoms with Gasteiger partial charge in [-0.3, -0.25) is 4.79 Å². The van der Waals surface area contributed by atoms with E-state index >= 15 is 0 Å². The average molecular weight is 247 g/mol. The third kappa shape index (κ3) is 2.91. The predicted molar refractivity (Wildman–Crippen MR) is 69.4 cm³/mol. The largest absolute Gasteiger partial charge is 0.503 e. The topological polar surface area (TPSA) is 53.1 Å². The van der Waals surface area contributed by atoms with Gasteiger partial charge in [-0.05, 0) is 12.5 Å². The van der Waals surface area contributed by atoms with Crippen LogP contribution in [-0.4, -0.2) is 10.1 Å². The van der Waals surface area contributed by atoms with Crippen LogP contribution in [-0.2, 0) is 0 Å². The summed E-state index contributed by atoms with van der Waals surface area (Å²) in [4.78, 5) is 14.4. The van der Waals surface area contributed by atoms with Crippen LogP contribution in [0.15, 0.2) is 52.3 Å². The molecule has 1 aromatic heterocycles. The molecule has 0 radical (unpaired) electrons. The van der Waals surface area contributed by atoms with Gasteiger partial charge in [0, 0.05) is 22.4 Å². The number of hydrogen-bond acceptors (Lipinski definition) is 3. The first-order valence-corrected chi connectivity index (χ1v) is 6.18. The molecule has 0 spiro atoms. The van der Waals surface area contributed by atoms with Crippen molar-refractivity contribution in [1.82, 2.24) is 4.98 Å². The summed E-state index contributed by atoms with van der Waals surface area (Å²) in [5.41, 5.74) is 0.755. The quantitative estimate of drug-likeness (QED) is 0.820. The predicted octanol–water partition coefficient (Wildman–Crippen LogP) is 2.93. The van der Waals surface area contributed by atoms with Gasteiger partial charge in [0.1, 0.15) is 0 Å². The zero-order valence-corrected chi connectivity index (χ0v) is 10.2. The molecular formula is C13H13NO2S. The third-order valence-electron chi connectivity index (χ3n) is 2.44. The van der Waals surface area contributed by atoms with Gasteiger partial charge >= 0.3 is 0 Å². The summed E-state index contributed by atoms with van der Waals surface area (Å²) in [6.45, 7) is 2.09. The van der Waals surface area contributed by atoms with E-state index in [2.05, 4.69) is 24.0 Å². The summed E-state index contributed by atoms with van der Waals surface area (Å²) in [7, 11) is 0. The minimum Gasteiger partial charge on any atom is -0.503 e. The van der Waals surface area contributed by atoms with E-state index in [1.165, 1.54) is 11.6 Å². The Morgan fingerprint density at radius 2 is 2.00 bits per heavy atom. The second kappa shape index (κ2) is 5.10. The molecular weight excluding hydrogens is 234 g/mol. The highest BCUT2D eigenvalue weighted by molar-refractivity contribution is 7.99. The Balaban J connectivity index is 2.16. The number of aromatic amines is 1. The number of pyridine rings is 1. The fourth-order valence-electron chi connectivity index (χ4n) is 1.52. The Morgan fingerprint density at radius 1 is 1.29 bits per heavy atom. The van der Waals surface area contributed by atoms with Gasteiger partial charge in [-0.15, -0.1) is 11.8 Å². The zero-order valence-electron chi connectivity index (χ0n) is 9.38. The monoisotopic (exact) mass is 247 g/mol. The highest BCUT2D eigenvalue weighted by Gasteiger charge is 2.08. The Hall–Kier alpha value is -1.68. The number of H-pyrrole nitrogens is 1. The van der Waals surface area contributed by atoms with Crippen molar-refractivity contribution in [3.63, 3.8) is 0 Å².